The quantitative estimate of drug-likeness (QED) is 0.650. The van der Waals surface area contributed by atoms with E-state index in [0.717, 1.165) is 0 Å². The Hall–Kier alpha value is -2.48. The molecule has 1 aromatic carbocycles. The first-order chi connectivity index (χ1) is 16.0. The van der Waals surface area contributed by atoms with Gasteiger partial charge < -0.3 is 24.1 Å². The molecule has 186 valence electrons. The van der Waals surface area contributed by atoms with Gasteiger partial charge in [-0.25, -0.2) is 4.79 Å². The SMILES string of the molecule is CCC(O)COc1cc(C)c2c(c1)/C=C/C[C@@H]1OC(C)(C)OC1C(=O)/C=C\[C@@H](C)[C@H](C)OC2=O. The predicted molar refractivity (Wildman–Crippen MR) is 129 cm³/mol. The standard InChI is InChI=1S/C27H36O7/c1-7-20(28)15-31-21-13-17(3)24-19(14-21)9-8-10-23-25(34-27(5,6)33-23)22(29)12-11-16(2)18(4)32-26(24)30/h8-9,11-14,16,18,20,23,25,28H,7,10,15H2,1-6H3/b9-8+,12-11-/t16-,18+,20?,23+,25?/m1/s1. The number of esters is 1. The van der Waals surface area contributed by atoms with Crippen LogP contribution in [0.1, 0.15) is 68.9 Å². The van der Waals surface area contributed by atoms with Gasteiger partial charge in [0.15, 0.2) is 11.6 Å². The Balaban J connectivity index is 1.99. The molecule has 1 N–H and O–H groups in total. The van der Waals surface area contributed by atoms with Gasteiger partial charge in [-0.2, -0.15) is 0 Å². The van der Waals surface area contributed by atoms with Crippen LogP contribution < -0.4 is 4.74 Å². The molecule has 2 heterocycles. The van der Waals surface area contributed by atoms with Crippen molar-refractivity contribution in [2.75, 3.05) is 6.61 Å². The number of hydrogen-bond donors (Lipinski definition) is 1. The molecule has 1 aromatic rings. The van der Waals surface area contributed by atoms with Gasteiger partial charge in [-0.3, -0.25) is 4.79 Å². The first-order valence-electron chi connectivity index (χ1n) is 11.9. The summed E-state index contributed by atoms with van der Waals surface area (Å²) in [5.41, 5.74) is 1.81. The van der Waals surface area contributed by atoms with Crippen LogP contribution in [0.4, 0.5) is 0 Å². The number of carbonyl (C=O) groups is 2. The first-order valence-corrected chi connectivity index (χ1v) is 11.9. The molecule has 2 aliphatic rings. The van der Waals surface area contributed by atoms with E-state index in [9.17, 15) is 14.7 Å². The number of rotatable bonds is 4. The lowest BCUT2D eigenvalue weighted by Crippen LogP contribution is -2.30. The smallest absolute Gasteiger partial charge is 0.339 e. The zero-order valence-corrected chi connectivity index (χ0v) is 20.9. The zero-order valence-electron chi connectivity index (χ0n) is 20.9. The lowest BCUT2D eigenvalue weighted by atomic mass is 9.98. The molecule has 2 aliphatic heterocycles. The maximum atomic E-state index is 13.1. The van der Waals surface area contributed by atoms with E-state index in [1.807, 2.05) is 32.9 Å². The van der Waals surface area contributed by atoms with Crippen LogP contribution in [0, 0.1) is 12.8 Å². The zero-order chi connectivity index (χ0) is 25.0. The molecule has 34 heavy (non-hydrogen) atoms. The number of aryl methyl sites for hydroxylation is 1. The van der Waals surface area contributed by atoms with Gasteiger partial charge in [0.1, 0.15) is 24.6 Å². The molecule has 0 amide bonds. The Labute approximate surface area is 201 Å². The van der Waals surface area contributed by atoms with E-state index >= 15 is 0 Å². The average Bonchev–Trinajstić information content (AvgIpc) is 3.08. The monoisotopic (exact) mass is 472 g/mol. The van der Waals surface area contributed by atoms with Gasteiger partial charge in [-0.15, -0.1) is 0 Å². The number of benzene rings is 1. The van der Waals surface area contributed by atoms with E-state index in [0.29, 0.717) is 35.3 Å². The van der Waals surface area contributed by atoms with Gasteiger partial charge >= 0.3 is 5.97 Å². The van der Waals surface area contributed by atoms with Gasteiger partial charge in [0, 0.05) is 5.92 Å². The summed E-state index contributed by atoms with van der Waals surface area (Å²) in [7, 11) is 0. The molecular formula is C27H36O7. The summed E-state index contributed by atoms with van der Waals surface area (Å²) in [6, 6.07) is 3.54. The van der Waals surface area contributed by atoms with Crippen LogP contribution in [-0.4, -0.2) is 53.7 Å². The fourth-order valence-corrected chi connectivity index (χ4v) is 4.00. The van der Waals surface area contributed by atoms with E-state index in [1.54, 1.807) is 39.0 Å². The van der Waals surface area contributed by atoms with Gasteiger partial charge in [0.05, 0.1) is 17.8 Å². The minimum Gasteiger partial charge on any atom is -0.491 e. The van der Waals surface area contributed by atoms with Crippen LogP contribution in [0.25, 0.3) is 6.08 Å². The summed E-state index contributed by atoms with van der Waals surface area (Å²) < 4.78 is 23.4. The molecule has 2 unspecified atom stereocenters. The van der Waals surface area contributed by atoms with Crippen LogP contribution in [0.3, 0.4) is 0 Å². The van der Waals surface area contributed by atoms with Crippen molar-refractivity contribution in [3.63, 3.8) is 0 Å². The number of carbonyl (C=O) groups excluding carboxylic acids is 2. The van der Waals surface area contributed by atoms with E-state index in [-0.39, 0.29) is 18.3 Å². The van der Waals surface area contributed by atoms with Crippen LogP contribution in [0.5, 0.6) is 5.75 Å². The fourth-order valence-electron chi connectivity index (χ4n) is 4.00. The second-order valence-electron chi connectivity index (χ2n) is 9.54. The second kappa shape index (κ2) is 10.8. The summed E-state index contributed by atoms with van der Waals surface area (Å²) in [4.78, 5) is 26.0. The number of hydrogen-bond acceptors (Lipinski definition) is 7. The van der Waals surface area contributed by atoms with Crippen molar-refractivity contribution in [1.82, 2.24) is 0 Å². The summed E-state index contributed by atoms with van der Waals surface area (Å²) in [6.07, 6.45) is 5.77. The van der Waals surface area contributed by atoms with Gasteiger partial charge in [0.25, 0.3) is 0 Å². The fraction of sp³-hybridized carbons (Fsp3) is 0.556. The van der Waals surface area contributed by atoms with Crippen molar-refractivity contribution >= 4 is 17.8 Å². The highest BCUT2D eigenvalue weighted by atomic mass is 16.8. The predicted octanol–water partition coefficient (Wildman–Crippen LogP) is 4.39. The van der Waals surface area contributed by atoms with Crippen LogP contribution in [-0.2, 0) is 19.0 Å². The van der Waals surface area contributed by atoms with Crippen molar-refractivity contribution in [2.24, 2.45) is 5.92 Å². The van der Waals surface area contributed by atoms with Crippen molar-refractivity contribution in [1.29, 1.82) is 0 Å². The van der Waals surface area contributed by atoms with E-state index in [4.69, 9.17) is 18.9 Å². The molecule has 1 saturated heterocycles. The maximum absolute atomic E-state index is 13.1. The van der Waals surface area contributed by atoms with Crippen molar-refractivity contribution in [2.45, 2.75) is 84.6 Å². The van der Waals surface area contributed by atoms with Gasteiger partial charge in [-0.05, 0) is 69.9 Å². The normalized spacial score (nSPS) is 29.9. The van der Waals surface area contributed by atoms with Crippen molar-refractivity contribution in [3.8, 4) is 5.75 Å². The molecule has 0 radical (unpaired) electrons. The Kier molecular flexibility index (Phi) is 8.34. The molecule has 0 saturated carbocycles. The van der Waals surface area contributed by atoms with Gasteiger partial charge in [0.2, 0.25) is 0 Å². The summed E-state index contributed by atoms with van der Waals surface area (Å²) in [5, 5.41) is 9.86. The Bertz CT molecular complexity index is 962. The Morgan fingerprint density at radius 3 is 2.62 bits per heavy atom. The lowest BCUT2D eigenvalue weighted by molar-refractivity contribution is -0.152. The number of aliphatic hydroxyl groups excluding tert-OH is 1. The number of fused-ring (bicyclic) bond motifs is 2. The molecule has 7 heteroatoms. The third-order valence-corrected chi connectivity index (χ3v) is 6.18. The highest BCUT2D eigenvalue weighted by Crippen LogP contribution is 2.32. The number of ketones is 1. The van der Waals surface area contributed by atoms with E-state index in [1.165, 1.54) is 6.08 Å². The van der Waals surface area contributed by atoms with E-state index in [2.05, 4.69) is 0 Å². The molecular weight excluding hydrogens is 436 g/mol. The minimum absolute atomic E-state index is 0.163. The molecule has 0 aromatic heterocycles. The number of cyclic esters (lactones) is 1. The topological polar surface area (TPSA) is 91.3 Å². The molecule has 0 spiro atoms. The highest BCUT2D eigenvalue weighted by molar-refractivity contribution is 5.96. The third kappa shape index (κ3) is 6.34. The Morgan fingerprint density at radius 1 is 1.18 bits per heavy atom. The summed E-state index contributed by atoms with van der Waals surface area (Å²) in [5.74, 6) is -1.10. The largest absolute Gasteiger partial charge is 0.491 e. The first kappa shape index (κ1) is 26.1. The van der Waals surface area contributed by atoms with Crippen molar-refractivity contribution < 1.29 is 33.6 Å². The van der Waals surface area contributed by atoms with Crippen LogP contribution in [0.15, 0.2) is 30.4 Å². The maximum Gasteiger partial charge on any atom is 0.339 e. The third-order valence-electron chi connectivity index (χ3n) is 6.18. The Morgan fingerprint density at radius 2 is 1.91 bits per heavy atom. The van der Waals surface area contributed by atoms with Gasteiger partial charge in [-0.1, -0.05) is 32.1 Å². The molecule has 5 atom stereocenters. The molecule has 0 aliphatic carbocycles. The van der Waals surface area contributed by atoms with Crippen LogP contribution >= 0.6 is 0 Å². The molecule has 3 rings (SSSR count). The van der Waals surface area contributed by atoms with Crippen LogP contribution in [0.2, 0.25) is 0 Å². The summed E-state index contributed by atoms with van der Waals surface area (Å²) in [6.45, 7) is 11.2. The summed E-state index contributed by atoms with van der Waals surface area (Å²) >= 11 is 0. The lowest BCUT2D eigenvalue weighted by Gasteiger charge is -2.21. The minimum atomic E-state index is -0.867. The van der Waals surface area contributed by atoms with E-state index < -0.39 is 36.2 Å². The molecule has 7 nitrogen and oxygen atoms in total. The number of aliphatic hydroxyl groups is 1. The average molecular weight is 473 g/mol. The van der Waals surface area contributed by atoms with Crippen molar-refractivity contribution in [3.05, 3.63) is 47.1 Å². The highest BCUT2D eigenvalue weighted by Gasteiger charge is 2.43. The molecule has 0 bridgehead atoms. The number of ether oxygens (including phenoxy) is 4. The molecule has 1 fully saturated rings. The second-order valence-corrected chi connectivity index (χ2v) is 9.54.